The van der Waals surface area contributed by atoms with E-state index in [9.17, 15) is 13.2 Å². The van der Waals surface area contributed by atoms with Gasteiger partial charge >= 0.3 is 5.97 Å². The van der Waals surface area contributed by atoms with Gasteiger partial charge in [-0.15, -0.1) is 0 Å². The Kier molecular flexibility index (Phi) is 3.21. The van der Waals surface area contributed by atoms with Crippen molar-refractivity contribution in [3.05, 3.63) is 34.2 Å². The second-order valence-corrected chi connectivity index (χ2v) is 6.47. The van der Waals surface area contributed by atoms with E-state index in [1.54, 1.807) is 13.0 Å². The molecule has 96 valence electrons. The van der Waals surface area contributed by atoms with Gasteiger partial charge in [0.25, 0.3) is 0 Å². The second kappa shape index (κ2) is 4.40. The van der Waals surface area contributed by atoms with Crippen LogP contribution in [0.1, 0.15) is 18.9 Å². The molecule has 1 unspecified atom stereocenters. The molecule has 0 aromatic heterocycles. The first kappa shape index (κ1) is 13.1. The van der Waals surface area contributed by atoms with Gasteiger partial charge in [0.15, 0.2) is 0 Å². The highest BCUT2D eigenvalue weighted by molar-refractivity contribution is 7.95. The molecule has 1 N–H and O–H groups in total. The Hall–Kier alpha value is -1.33. The van der Waals surface area contributed by atoms with Crippen LogP contribution in [0.15, 0.2) is 28.5 Å². The summed E-state index contributed by atoms with van der Waals surface area (Å²) in [7, 11) is -3.46. The van der Waals surface area contributed by atoms with Gasteiger partial charge in [-0.05, 0) is 35.8 Å². The number of carboxylic acids is 1. The van der Waals surface area contributed by atoms with Gasteiger partial charge < -0.3 is 5.11 Å². The minimum Gasteiger partial charge on any atom is -0.481 e. The first-order valence-corrected chi connectivity index (χ1v) is 7.22. The molecule has 1 heterocycles. The van der Waals surface area contributed by atoms with Crippen LogP contribution in [-0.4, -0.2) is 19.5 Å². The summed E-state index contributed by atoms with van der Waals surface area (Å²) in [4.78, 5) is 11.0. The number of carboxylic acid groups (broad SMARTS) is 1. The van der Waals surface area contributed by atoms with E-state index < -0.39 is 21.7 Å². The third-order valence-corrected chi connectivity index (χ3v) is 4.64. The monoisotopic (exact) mass is 286 g/mol. The third-order valence-electron chi connectivity index (χ3n) is 2.84. The van der Waals surface area contributed by atoms with Crippen molar-refractivity contribution in [2.45, 2.75) is 18.2 Å². The first-order valence-electron chi connectivity index (χ1n) is 5.29. The number of aliphatic carboxylic acids is 1. The lowest BCUT2D eigenvalue weighted by Crippen LogP contribution is -2.09. The summed E-state index contributed by atoms with van der Waals surface area (Å²) in [6, 6.07) is 4.51. The van der Waals surface area contributed by atoms with Crippen molar-refractivity contribution in [1.82, 2.24) is 0 Å². The van der Waals surface area contributed by atoms with E-state index in [0.717, 1.165) is 5.41 Å². The average Bonchev–Trinajstić information content (AvgIpc) is 2.50. The van der Waals surface area contributed by atoms with Crippen LogP contribution in [0.25, 0.3) is 5.57 Å². The van der Waals surface area contributed by atoms with E-state index in [1.165, 1.54) is 12.1 Å². The smallest absolute Gasteiger partial charge is 0.306 e. The molecular weight excluding hydrogens is 276 g/mol. The molecule has 0 amide bonds. The number of benzene rings is 1. The maximum absolute atomic E-state index is 11.9. The van der Waals surface area contributed by atoms with Crippen LogP contribution in [0, 0.1) is 5.92 Å². The average molecular weight is 287 g/mol. The van der Waals surface area contributed by atoms with E-state index in [-0.39, 0.29) is 11.3 Å². The van der Waals surface area contributed by atoms with E-state index >= 15 is 0 Å². The Morgan fingerprint density at radius 2 is 2.11 bits per heavy atom. The Morgan fingerprint density at radius 1 is 1.44 bits per heavy atom. The Balaban J connectivity index is 2.47. The summed E-state index contributed by atoms with van der Waals surface area (Å²) in [6.45, 7) is 1.54. The maximum atomic E-state index is 11.9. The Bertz CT molecular complexity index is 646. The molecule has 2 rings (SSSR count). The molecule has 1 atom stereocenters. The fourth-order valence-electron chi connectivity index (χ4n) is 1.89. The zero-order chi connectivity index (χ0) is 13.5. The summed E-state index contributed by atoms with van der Waals surface area (Å²) >= 11 is 5.84. The summed E-state index contributed by atoms with van der Waals surface area (Å²) in [6.07, 6.45) is 0.169. The lowest BCUT2D eigenvalue weighted by molar-refractivity contribution is -0.140. The van der Waals surface area contributed by atoms with E-state index in [4.69, 9.17) is 16.7 Å². The number of fused-ring (bicyclic) bond motifs is 1. The largest absolute Gasteiger partial charge is 0.481 e. The van der Waals surface area contributed by atoms with Crippen LogP contribution in [0.2, 0.25) is 5.02 Å². The summed E-state index contributed by atoms with van der Waals surface area (Å²) in [5.74, 6) is -1.60. The molecule has 1 aromatic carbocycles. The summed E-state index contributed by atoms with van der Waals surface area (Å²) in [5.41, 5.74) is 1.01. The molecule has 1 aromatic rings. The van der Waals surface area contributed by atoms with Gasteiger partial charge in [-0.2, -0.15) is 0 Å². The van der Waals surface area contributed by atoms with Crippen molar-refractivity contribution in [1.29, 1.82) is 0 Å². The van der Waals surface area contributed by atoms with Crippen molar-refractivity contribution in [3.63, 3.8) is 0 Å². The molecule has 0 saturated carbocycles. The van der Waals surface area contributed by atoms with Gasteiger partial charge in [-0.3, -0.25) is 4.79 Å². The van der Waals surface area contributed by atoms with Crippen LogP contribution in [-0.2, 0) is 14.6 Å². The lowest BCUT2D eigenvalue weighted by Gasteiger charge is -2.08. The Morgan fingerprint density at radius 3 is 2.72 bits per heavy atom. The summed E-state index contributed by atoms with van der Waals surface area (Å²) < 4.78 is 23.7. The quantitative estimate of drug-likeness (QED) is 0.927. The number of carbonyl (C=O) groups is 1. The maximum Gasteiger partial charge on any atom is 0.306 e. The molecule has 4 nitrogen and oxygen atoms in total. The predicted molar refractivity (Wildman–Crippen MR) is 68.0 cm³/mol. The van der Waals surface area contributed by atoms with Gasteiger partial charge in [0.05, 0.1) is 10.8 Å². The van der Waals surface area contributed by atoms with Gasteiger partial charge in [-0.25, -0.2) is 8.42 Å². The van der Waals surface area contributed by atoms with Crippen LogP contribution >= 0.6 is 11.6 Å². The number of halogens is 1. The normalized spacial score (nSPS) is 18.0. The standard InChI is InChI=1S/C12H11ClO4S/c1-7(12(14)15)4-8-6-18(16,17)11-3-2-9(13)5-10(8)11/h2-3,5-7H,4H2,1H3,(H,14,15). The SMILES string of the molecule is CC(CC1=CS(=O)(=O)c2ccc(Cl)cc21)C(=O)O. The van der Waals surface area contributed by atoms with Gasteiger partial charge in [0.2, 0.25) is 9.84 Å². The predicted octanol–water partition coefficient (Wildman–Crippen LogP) is 2.58. The fraction of sp³-hybridized carbons (Fsp3) is 0.250. The van der Waals surface area contributed by atoms with Crippen molar-refractivity contribution < 1.29 is 18.3 Å². The highest BCUT2D eigenvalue weighted by Crippen LogP contribution is 2.38. The van der Waals surface area contributed by atoms with Crippen LogP contribution in [0.3, 0.4) is 0 Å². The van der Waals surface area contributed by atoms with Crippen LogP contribution in [0.4, 0.5) is 0 Å². The minimum absolute atomic E-state index is 0.169. The molecular formula is C12H11ClO4S. The molecule has 0 bridgehead atoms. The minimum atomic E-state index is -3.46. The van der Waals surface area contributed by atoms with Crippen LogP contribution < -0.4 is 0 Å². The number of hydrogen-bond donors (Lipinski definition) is 1. The number of hydrogen-bond acceptors (Lipinski definition) is 3. The van der Waals surface area contributed by atoms with Gasteiger partial charge in [0.1, 0.15) is 0 Å². The highest BCUT2D eigenvalue weighted by Gasteiger charge is 2.28. The second-order valence-electron chi connectivity index (χ2n) is 4.27. The molecule has 1 aliphatic rings. The number of allylic oxidation sites excluding steroid dienone is 1. The molecule has 0 aliphatic carbocycles. The van der Waals surface area contributed by atoms with Crippen molar-refractivity contribution in [2.24, 2.45) is 5.92 Å². The number of sulfone groups is 1. The number of rotatable bonds is 3. The van der Waals surface area contributed by atoms with Crippen molar-refractivity contribution in [3.8, 4) is 0 Å². The molecule has 0 saturated heterocycles. The van der Waals surface area contributed by atoms with Crippen LogP contribution in [0.5, 0.6) is 0 Å². The van der Waals surface area contributed by atoms with Crippen molar-refractivity contribution >= 4 is 33.0 Å². The molecule has 0 radical (unpaired) electrons. The zero-order valence-corrected chi connectivity index (χ0v) is 11.1. The van der Waals surface area contributed by atoms with E-state index in [1.807, 2.05) is 0 Å². The lowest BCUT2D eigenvalue weighted by atomic mass is 9.97. The zero-order valence-electron chi connectivity index (χ0n) is 9.55. The molecule has 0 fully saturated rings. The molecule has 0 spiro atoms. The third kappa shape index (κ3) is 2.28. The van der Waals surface area contributed by atoms with Crippen molar-refractivity contribution in [2.75, 3.05) is 0 Å². The molecule has 18 heavy (non-hydrogen) atoms. The summed E-state index contributed by atoms with van der Waals surface area (Å²) in [5, 5.41) is 10.4. The van der Waals surface area contributed by atoms with Gasteiger partial charge in [-0.1, -0.05) is 18.5 Å². The molecule has 1 aliphatic heterocycles. The molecule has 6 heteroatoms. The van der Waals surface area contributed by atoms with E-state index in [0.29, 0.717) is 16.2 Å². The highest BCUT2D eigenvalue weighted by atomic mass is 35.5. The van der Waals surface area contributed by atoms with Gasteiger partial charge in [0, 0.05) is 10.4 Å². The topological polar surface area (TPSA) is 71.4 Å². The first-order chi connectivity index (χ1) is 8.31. The Labute approximate surface area is 110 Å². The fourth-order valence-corrected chi connectivity index (χ4v) is 3.54. The van der Waals surface area contributed by atoms with E-state index in [2.05, 4.69) is 0 Å².